The molecule has 216 valence electrons. The number of thiazole rings is 1. The zero-order chi connectivity index (χ0) is 29.9. The van der Waals surface area contributed by atoms with E-state index in [0.29, 0.717) is 47.5 Å². The highest BCUT2D eigenvalue weighted by Crippen LogP contribution is 2.31. The molecule has 2 aromatic heterocycles. The summed E-state index contributed by atoms with van der Waals surface area (Å²) in [4.78, 5) is 31.6. The molecule has 11 heteroatoms. The van der Waals surface area contributed by atoms with Crippen molar-refractivity contribution in [2.24, 2.45) is 5.10 Å². The maximum absolute atomic E-state index is 13.8. The van der Waals surface area contributed by atoms with Gasteiger partial charge in [0.05, 0.1) is 32.3 Å². The smallest absolute Gasteiger partial charge is 0.280 e. The molecule has 0 aliphatic carbocycles. The van der Waals surface area contributed by atoms with Crippen LogP contribution in [0, 0.1) is 6.92 Å². The van der Waals surface area contributed by atoms with Gasteiger partial charge in [-0.15, -0.1) is 0 Å². The zero-order valence-corrected chi connectivity index (χ0v) is 25.1. The van der Waals surface area contributed by atoms with Gasteiger partial charge in [0.25, 0.3) is 5.91 Å². The number of carbonyl (C=O) groups excluding carboxylic acids is 1. The number of para-hydroxylation sites is 1. The van der Waals surface area contributed by atoms with Crippen LogP contribution in [0.15, 0.2) is 92.2 Å². The number of anilines is 1. The molecule has 1 amide bonds. The second kappa shape index (κ2) is 12.4. The largest absolute Gasteiger partial charge is 0.463 e. The Kier molecular flexibility index (Phi) is 8.62. The summed E-state index contributed by atoms with van der Waals surface area (Å²) >= 11 is 1.28. The number of hydrogen-bond donors (Lipinski definition) is 0. The van der Waals surface area contributed by atoms with Crippen molar-refractivity contribution in [1.29, 1.82) is 0 Å². The van der Waals surface area contributed by atoms with Crippen molar-refractivity contribution in [2.45, 2.75) is 38.5 Å². The third kappa shape index (κ3) is 5.89. The molecule has 0 N–H and O–H groups in total. The summed E-state index contributed by atoms with van der Waals surface area (Å²) in [5.74, 6) is -0.532. The first kappa shape index (κ1) is 29.3. The van der Waals surface area contributed by atoms with Gasteiger partial charge < -0.3 is 4.42 Å². The molecule has 0 unspecified atom stereocenters. The Morgan fingerprint density at radius 2 is 1.74 bits per heavy atom. The zero-order valence-electron chi connectivity index (χ0n) is 23.5. The first-order valence-corrected chi connectivity index (χ1v) is 15.8. The van der Waals surface area contributed by atoms with Gasteiger partial charge in [0, 0.05) is 18.7 Å². The number of aryl methyl sites for hydroxylation is 1. The van der Waals surface area contributed by atoms with Crippen molar-refractivity contribution in [3.63, 3.8) is 0 Å². The summed E-state index contributed by atoms with van der Waals surface area (Å²) in [7, 11) is -3.71. The highest BCUT2D eigenvalue weighted by molar-refractivity contribution is 7.89. The van der Waals surface area contributed by atoms with Crippen LogP contribution in [0.25, 0.3) is 21.2 Å². The molecular weight excluding hydrogens is 572 g/mol. The number of carbonyl (C=O) groups is 1. The van der Waals surface area contributed by atoms with Crippen molar-refractivity contribution in [3.8, 4) is 0 Å². The molecule has 3 aromatic carbocycles. The topological polar surface area (TPSA) is 113 Å². The van der Waals surface area contributed by atoms with Crippen LogP contribution in [-0.2, 0) is 10.0 Å². The van der Waals surface area contributed by atoms with Crippen LogP contribution < -0.4 is 10.4 Å². The van der Waals surface area contributed by atoms with Gasteiger partial charge in [-0.05, 0) is 73.9 Å². The van der Waals surface area contributed by atoms with E-state index in [1.165, 1.54) is 52.4 Å². The van der Waals surface area contributed by atoms with E-state index in [-0.39, 0.29) is 21.5 Å². The molecule has 9 nitrogen and oxygen atoms in total. The van der Waals surface area contributed by atoms with Gasteiger partial charge >= 0.3 is 0 Å². The van der Waals surface area contributed by atoms with Crippen molar-refractivity contribution in [2.75, 3.05) is 18.1 Å². The Labute approximate surface area is 247 Å². The lowest BCUT2D eigenvalue weighted by Gasteiger charge is -2.21. The summed E-state index contributed by atoms with van der Waals surface area (Å²) in [6.07, 6.45) is 3.97. The van der Waals surface area contributed by atoms with Crippen LogP contribution >= 0.6 is 11.3 Å². The average Bonchev–Trinajstić information content (AvgIpc) is 3.41. The number of hydrogen-bond acceptors (Lipinski definition) is 8. The summed E-state index contributed by atoms with van der Waals surface area (Å²) in [5.41, 5.74) is 2.28. The number of amides is 1. The molecule has 2 heterocycles. The fourth-order valence-corrected chi connectivity index (χ4v) is 7.14. The van der Waals surface area contributed by atoms with Gasteiger partial charge in [-0.25, -0.2) is 13.4 Å². The summed E-state index contributed by atoms with van der Waals surface area (Å²) in [6, 6.07) is 18.4. The van der Waals surface area contributed by atoms with E-state index in [0.717, 1.165) is 15.3 Å². The Balaban J connectivity index is 1.53. The van der Waals surface area contributed by atoms with Gasteiger partial charge in [0.15, 0.2) is 0 Å². The van der Waals surface area contributed by atoms with E-state index in [1.54, 1.807) is 24.3 Å². The Morgan fingerprint density at radius 1 is 1.02 bits per heavy atom. The quantitative estimate of drug-likeness (QED) is 0.139. The second-order valence-electron chi connectivity index (χ2n) is 9.77. The van der Waals surface area contributed by atoms with Gasteiger partial charge in [-0.1, -0.05) is 43.4 Å². The minimum absolute atomic E-state index is 0.111. The number of nitrogens with zero attached hydrogens (tertiary/aromatic N) is 4. The number of rotatable bonds is 10. The third-order valence-corrected chi connectivity index (χ3v) is 9.52. The van der Waals surface area contributed by atoms with Crippen molar-refractivity contribution < 1.29 is 17.6 Å². The van der Waals surface area contributed by atoms with E-state index < -0.39 is 15.9 Å². The first-order chi connectivity index (χ1) is 20.2. The first-order valence-electron chi connectivity index (χ1n) is 13.6. The Bertz CT molecular complexity index is 1940. The number of fused-ring (bicyclic) bond motifs is 2. The van der Waals surface area contributed by atoms with E-state index in [9.17, 15) is 18.0 Å². The number of benzene rings is 3. The van der Waals surface area contributed by atoms with Crippen molar-refractivity contribution in [1.82, 2.24) is 9.29 Å². The monoisotopic (exact) mass is 602 g/mol. The number of sulfonamides is 1. The average molecular weight is 603 g/mol. The van der Waals surface area contributed by atoms with E-state index in [1.807, 2.05) is 39.0 Å². The summed E-state index contributed by atoms with van der Waals surface area (Å²) in [6.45, 7) is 6.66. The lowest BCUT2D eigenvalue weighted by molar-refractivity contribution is 0.0987. The molecule has 0 atom stereocenters. The van der Waals surface area contributed by atoms with E-state index in [2.05, 4.69) is 10.1 Å². The fraction of sp³-hybridized carbons (Fsp3) is 0.226. The summed E-state index contributed by atoms with van der Waals surface area (Å²) < 4.78 is 34.4. The Morgan fingerprint density at radius 3 is 2.45 bits per heavy atom. The highest BCUT2D eigenvalue weighted by Gasteiger charge is 2.25. The molecule has 0 aliphatic heterocycles. The van der Waals surface area contributed by atoms with Crippen molar-refractivity contribution >= 4 is 59.8 Å². The van der Waals surface area contributed by atoms with Crippen molar-refractivity contribution in [3.05, 3.63) is 99.9 Å². The van der Waals surface area contributed by atoms with Crippen LogP contribution in [0.3, 0.4) is 0 Å². The predicted molar refractivity (Wildman–Crippen MR) is 167 cm³/mol. The fourth-order valence-electron chi connectivity index (χ4n) is 4.49. The SMILES string of the molecule is CCCN(CCC)S(=O)(=O)c1ccc(C(=O)N(/N=C/c2coc3ccccc3c2=O)c2nc3ccc(C)cc3s2)cc1. The standard InChI is InChI=1S/C31H30N4O5S2/c1-4-16-34(17-5-2)42(38,39)24-13-11-22(12-14-24)30(37)35(31-33-26-15-10-21(3)18-28(26)41-31)32-19-23-20-40-27-9-7-6-8-25(27)29(23)36/h6-15,18-20H,4-5,16-17H2,1-3H3/b32-19+. The van der Waals surface area contributed by atoms with Gasteiger partial charge in [-0.3, -0.25) is 9.59 Å². The van der Waals surface area contributed by atoms with Crippen LogP contribution in [0.1, 0.15) is 48.2 Å². The minimum atomic E-state index is -3.71. The number of hydrazone groups is 1. The summed E-state index contributed by atoms with van der Waals surface area (Å²) in [5, 5.41) is 6.21. The molecule has 5 aromatic rings. The maximum Gasteiger partial charge on any atom is 0.280 e. The molecule has 0 spiro atoms. The van der Waals surface area contributed by atoms with Crippen LogP contribution in [0.2, 0.25) is 0 Å². The predicted octanol–water partition coefficient (Wildman–Crippen LogP) is 6.20. The molecule has 0 saturated heterocycles. The highest BCUT2D eigenvalue weighted by atomic mass is 32.2. The van der Waals surface area contributed by atoms with Gasteiger partial charge in [0.1, 0.15) is 11.8 Å². The van der Waals surface area contributed by atoms with Crippen LogP contribution in [0.4, 0.5) is 5.13 Å². The molecule has 0 bridgehead atoms. The lowest BCUT2D eigenvalue weighted by atomic mass is 10.2. The number of aromatic nitrogens is 1. The Hall–Kier alpha value is -4.19. The second-order valence-corrected chi connectivity index (χ2v) is 12.7. The molecule has 0 fully saturated rings. The minimum Gasteiger partial charge on any atom is -0.463 e. The normalized spacial score (nSPS) is 12.1. The van der Waals surface area contributed by atoms with Gasteiger partial charge in [0.2, 0.25) is 20.6 Å². The van der Waals surface area contributed by atoms with Crippen LogP contribution in [-0.4, -0.2) is 42.9 Å². The maximum atomic E-state index is 13.8. The molecule has 0 radical (unpaired) electrons. The molecule has 0 saturated carbocycles. The van der Waals surface area contributed by atoms with E-state index >= 15 is 0 Å². The van der Waals surface area contributed by atoms with E-state index in [4.69, 9.17) is 4.42 Å². The molecule has 0 aliphatic rings. The molecule has 5 rings (SSSR count). The van der Waals surface area contributed by atoms with Crippen LogP contribution in [0.5, 0.6) is 0 Å². The third-order valence-electron chi connectivity index (χ3n) is 6.61. The lowest BCUT2D eigenvalue weighted by Crippen LogP contribution is -2.32. The molecular formula is C31H30N4O5S2. The van der Waals surface area contributed by atoms with Gasteiger partial charge in [-0.2, -0.15) is 14.4 Å². The molecule has 42 heavy (non-hydrogen) atoms.